The van der Waals surface area contributed by atoms with Gasteiger partial charge in [0.2, 0.25) is 0 Å². The number of halogens is 1. The number of rotatable bonds is 2. The summed E-state index contributed by atoms with van der Waals surface area (Å²) >= 11 is 6.27. The standard InChI is InChI=1S/C14H17BClN3O4/c1-13(2)14(3,4)23-15(22-13)8-7-18(5)12-10(8)11(16)9(6-17-12)19(20)21/h6-7H,1-5H3. The summed E-state index contributed by atoms with van der Waals surface area (Å²) in [5, 5.41) is 11.7. The molecule has 1 aliphatic rings. The molecular formula is C14H17BClN3O4. The molecule has 122 valence electrons. The van der Waals surface area contributed by atoms with E-state index in [0.29, 0.717) is 16.5 Å². The normalized spacial score (nSPS) is 19.5. The zero-order valence-corrected chi connectivity index (χ0v) is 14.3. The minimum Gasteiger partial charge on any atom is -0.399 e. The highest BCUT2D eigenvalue weighted by atomic mass is 35.5. The first-order chi connectivity index (χ1) is 10.5. The molecule has 7 nitrogen and oxygen atoms in total. The van der Waals surface area contributed by atoms with Gasteiger partial charge in [-0.25, -0.2) is 4.98 Å². The molecule has 0 unspecified atom stereocenters. The summed E-state index contributed by atoms with van der Waals surface area (Å²) < 4.78 is 13.8. The lowest BCUT2D eigenvalue weighted by Crippen LogP contribution is -2.41. The van der Waals surface area contributed by atoms with Crippen molar-refractivity contribution in [3.8, 4) is 0 Å². The van der Waals surface area contributed by atoms with E-state index in [1.54, 1.807) is 17.8 Å². The van der Waals surface area contributed by atoms with E-state index in [9.17, 15) is 10.1 Å². The van der Waals surface area contributed by atoms with Crippen LogP contribution in [0.1, 0.15) is 27.7 Å². The van der Waals surface area contributed by atoms with Crippen LogP contribution in [0.3, 0.4) is 0 Å². The smallest absolute Gasteiger partial charge is 0.399 e. The third-order valence-corrected chi connectivity index (χ3v) is 5.02. The van der Waals surface area contributed by atoms with Crippen LogP contribution >= 0.6 is 11.6 Å². The van der Waals surface area contributed by atoms with Gasteiger partial charge < -0.3 is 13.9 Å². The summed E-state index contributed by atoms with van der Waals surface area (Å²) in [4.78, 5) is 14.7. The second kappa shape index (κ2) is 4.93. The van der Waals surface area contributed by atoms with E-state index in [1.165, 1.54) is 6.20 Å². The minimum absolute atomic E-state index is 0.0466. The molecule has 0 atom stereocenters. The molecule has 0 spiro atoms. The average molecular weight is 338 g/mol. The van der Waals surface area contributed by atoms with Gasteiger partial charge in [0, 0.05) is 24.1 Å². The Bertz CT molecular complexity index is 802. The summed E-state index contributed by atoms with van der Waals surface area (Å²) in [5.74, 6) is 0. The molecule has 3 heterocycles. The number of pyridine rings is 1. The first kappa shape index (κ1) is 16.2. The fourth-order valence-corrected chi connectivity index (χ4v) is 2.91. The Kier molecular flexibility index (Phi) is 3.48. The second-order valence-corrected chi connectivity index (χ2v) is 7.07. The first-order valence-corrected chi connectivity index (χ1v) is 7.56. The predicted octanol–water partition coefficient (Wildman–Crippen LogP) is 2.43. The Labute approximate surface area is 138 Å². The van der Waals surface area contributed by atoms with E-state index in [-0.39, 0.29) is 10.7 Å². The highest BCUT2D eigenvalue weighted by molar-refractivity contribution is 6.66. The molecule has 0 N–H and O–H groups in total. The number of aromatic nitrogens is 2. The van der Waals surface area contributed by atoms with E-state index in [0.717, 1.165) is 0 Å². The van der Waals surface area contributed by atoms with Gasteiger partial charge in [-0.15, -0.1) is 0 Å². The van der Waals surface area contributed by atoms with Crippen molar-refractivity contribution in [2.75, 3.05) is 0 Å². The summed E-state index contributed by atoms with van der Waals surface area (Å²) in [6.45, 7) is 7.78. The van der Waals surface area contributed by atoms with Crippen molar-refractivity contribution < 1.29 is 14.2 Å². The highest BCUT2D eigenvalue weighted by Gasteiger charge is 2.52. The molecule has 1 fully saturated rings. The highest BCUT2D eigenvalue weighted by Crippen LogP contribution is 2.38. The van der Waals surface area contributed by atoms with E-state index in [2.05, 4.69) is 4.98 Å². The zero-order chi connectivity index (χ0) is 17.2. The Morgan fingerprint density at radius 1 is 1.30 bits per heavy atom. The molecule has 1 saturated heterocycles. The van der Waals surface area contributed by atoms with Crippen molar-refractivity contribution in [1.29, 1.82) is 0 Å². The van der Waals surface area contributed by atoms with Crippen molar-refractivity contribution in [3.63, 3.8) is 0 Å². The van der Waals surface area contributed by atoms with Gasteiger partial charge in [-0.3, -0.25) is 10.1 Å². The molecule has 2 aromatic heterocycles. The van der Waals surface area contributed by atoms with Crippen molar-refractivity contribution in [2.45, 2.75) is 38.9 Å². The van der Waals surface area contributed by atoms with Gasteiger partial charge >= 0.3 is 12.8 Å². The molecular weight excluding hydrogens is 320 g/mol. The summed E-state index contributed by atoms with van der Waals surface area (Å²) in [6, 6.07) is 0. The van der Waals surface area contributed by atoms with Gasteiger partial charge in [-0.05, 0) is 27.7 Å². The van der Waals surface area contributed by atoms with Crippen LogP contribution in [0.2, 0.25) is 5.02 Å². The molecule has 2 aromatic rings. The maximum Gasteiger partial charge on any atom is 0.497 e. The predicted molar refractivity (Wildman–Crippen MR) is 88.1 cm³/mol. The van der Waals surface area contributed by atoms with Crippen molar-refractivity contribution in [3.05, 3.63) is 27.5 Å². The third-order valence-electron chi connectivity index (χ3n) is 4.64. The van der Waals surface area contributed by atoms with Gasteiger partial charge in [0.1, 0.15) is 16.9 Å². The van der Waals surface area contributed by atoms with Gasteiger partial charge in [0.25, 0.3) is 0 Å². The fraction of sp³-hybridized carbons (Fsp3) is 0.500. The van der Waals surface area contributed by atoms with E-state index >= 15 is 0 Å². The average Bonchev–Trinajstić information content (AvgIpc) is 2.85. The largest absolute Gasteiger partial charge is 0.497 e. The molecule has 0 radical (unpaired) electrons. The molecule has 0 amide bonds. The number of nitro groups is 1. The topological polar surface area (TPSA) is 79.4 Å². The lowest BCUT2D eigenvalue weighted by molar-refractivity contribution is -0.384. The molecule has 0 saturated carbocycles. The number of nitrogens with zero attached hydrogens (tertiary/aromatic N) is 3. The maximum atomic E-state index is 11.1. The minimum atomic E-state index is -0.662. The second-order valence-electron chi connectivity index (χ2n) is 6.70. The molecule has 0 aliphatic carbocycles. The SMILES string of the molecule is Cn1cc(B2OC(C)(C)C(C)(C)O2)c2c(Cl)c([N+](=O)[O-])cnc21. The van der Waals surface area contributed by atoms with Gasteiger partial charge in [-0.2, -0.15) is 0 Å². The molecule has 3 rings (SSSR count). The Morgan fingerprint density at radius 2 is 1.87 bits per heavy atom. The summed E-state index contributed by atoms with van der Waals surface area (Å²) in [7, 11) is 1.14. The lowest BCUT2D eigenvalue weighted by atomic mass is 9.79. The Balaban J connectivity index is 2.20. The third kappa shape index (κ3) is 2.32. The van der Waals surface area contributed by atoms with Crippen LogP contribution < -0.4 is 5.46 Å². The van der Waals surface area contributed by atoms with Crippen LogP contribution in [0, 0.1) is 10.1 Å². The Hall–Kier alpha value is -1.64. The quantitative estimate of drug-likeness (QED) is 0.478. The Morgan fingerprint density at radius 3 is 2.39 bits per heavy atom. The molecule has 0 bridgehead atoms. The zero-order valence-electron chi connectivity index (χ0n) is 13.6. The van der Waals surface area contributed by atoms with Crippen LogP contribution in [0.5, 0.6) is 0 Å². The van der Waals surface area contributed by atoms with Gasteiger partial charge in [0.05, 0.1) is 16.1 Å². The number of hydrogen-bond donors (Lipinski definition) is 0. The van der Waals surface area contributed by atoms with Crippen molar-refractivity contribution in [2.24, 2.45) is 7.05 Å². The fourth-order valence-electron chi connectivity index (χ4n) is 2.60. The summed E-state index contributed by atoms with van der Waals surface area (Å²) in [6.07, 6.45) is 2.95. The number of hydrogen-bond acceptors (Lipinski definition) is 5. The molecule has 0 aromatic carbocycles. The first-order valence-electron chi connectivity index (χ1n) is 7.18. The number of fused-ring (bicyclic) bond motifs is 1. The van der Waals surface area contributed by atoms with Crippen LogP contribution in [0.4, 0.5) is 5.69 Å². The number of aryl methyl sites for hydroxylation is 1. The molecule has 23 heavy (non-hydrogen) atoms. The van der Waals surface area contributed by atoms with Gasteiger partial charge in [-0.1, -0.05) is 11.6 Å². The van der Waals surface area contributed by atoms with E-state index in [1.807, 2.05) is 27.7 Å². The molecule has 1 aliphatic heterocycles. The van der Waals surface area contributed by atoms with Crippen molar-refractivity contribution >= 4 is 40.9 Å². The van der Waals surface area contributed by atoms with E-state index in [4.69, 9.17) is 20.9 Å². The van der Waals surface area contributed by atoms with Crippen molar-refractivity contribution in [1.82, 2.24) is 9.55 Å². The van der Waals surface area contributed by atoms with Crippen LogP contribution in [-0.4, -0.2) is 32.8 Å². The van der Waals surface area contributed by atoms with Crippen LogP contribution in [0.15, 0.2) is 12.4 Å². The summed E-state index contributed by atoms with van der Waals surface area (Å²) in [5.41, 5.74) is -0.0724. The maximum absolute atomic E-state index is 11.1. The monoisotopic (exact) mass is 337 g/mol. The van der Waals surface area contributed by atoms with E-state index < -0.39 is 23.2 Å². The lowest BCUT2D eigenvalue weighted by Gasteiger charge is -2.32. The molecule has 9 heteroatoms. The van der Waals surface area contributed by atoms with Crippen LogP contribution in [0.25, 0.3) is 11.0 Å². The van der Waals surface area contributed by atoms with Gasteiger partial charge in [0.15, 0.2) is 0 Å². The van der Waals surface area contributed by atoms with Crippen LogP contribution in [-0.2, 0) is 16.4 Å².